The van der Waals surface area contributed by atoms with E-state index < -0.39 is 6.10 Å². The molecule has 0 radical (unpaired) electrons. The first-order valence-corrected chi connectivity index (χ1v) is 27.7. The highest BCUT2D eigenvalue weighted by molar-refractivity contribution is 5.71. The Hall–Kier alpha value is -1.59. The Morgan fingerprint density at radius 1 is 0.306 bits per heavy atom. The minimum absolute atomic E-state index is 0.0630. The molecule has 0 bridgehead atoms. The molecule has 0 aromatic heterocycles. The topological polar surface area (TPSA) is 78.9 Å². The Morgan fingerprint density at radius 2 is 0.532 bits per heavy atom. The maximum atomic E-state index is 12.8. The van der Waals surface area contributed by atoms with Crippen LogP contribution in [-0.2, 0) is 28.6 Å². The van der Waals surface area contributed by atoms with E-state index in [0.29, 0.717) is 19.3 Å². The molecule has 0 fully saturated rings. The van der Waals surface area contributed by atoms with Crippen molar-refractivity contribution in [2.45, 2.75) is 317 Å². The van der Waals surface area contributed by atoms with E-state index in [9.17, 15) is 14.4 Å². The van der Waals surface area contributed by atoms with E-state index in [0.717, 1.165) is 69.6 Å². The number of hydrogen-bond donors (Lipinski definition) is 0. The number of carbonyl (C=O) groups excluding carboxylic acids is 3. The zero-order valence-electron chi connectivity index (χ0n) is 42.5. The first kappa shape index (κ1) is 60.4. The van der Waals surface area contributed by atoms with Crippen LogP contribution in [0.4, 0.5) is 0 Å². The van der Waals surface area contributed by atoms with E-state index >= 15 is 0 Å². The normalized spacial score (nSPS) is 12.0. The molecule has 0 aliphatic rings. The third-order valence-electron chi connectivity index (χ3n) is 12.7. The highest BCUT2D eigenvalue weighted by Gasteiger charge is 2.19. The smallest absolute Gasteiger partial charge is 0.306 e. The average molecular weight is 877 g/mol. The van der Waals surface area contributed by atoms with Crippen molar-refractivity contribution in [2.24, 2.45) is 11.8 Å². The SMILES string of the molecule is CCCCCCCCCCCCCC(=O)O[C@@H](COC(=O)CCCCCCCCCCCCCCCCCC(C)C)COC(=O)CCCCCCCCCCCCCCC(C)C. The van der Waals surface area contributed by atoms with E-state index in [1.807, 2.05) is 0 Å². The van der Waals surface area contributed by atoms with Crippen LogP contribution in [0.1, 0.15) is 311 Å². The second-order valence-corrected chi connectivity index (χ2v) is 20.2. The van der Waals surface area contributed by atoms with Gasteiger partial charge in [0.1, 0.15) is 13.2 Å². The van der Waals surface area contributed by atoms with Gasteiger partial charge in [0.2, 0.25) is 0 Å². The van der Waals surface area contributed by atoms with Crippen molar-refractivity contribution in [3.63, 3.8) is 0 Å². The largest absolute Gasteiger partial charge is 0.462 e. The van der Waals surface area contributed by atoms with Gasteiger partial charge in [-0.2, -0.15) is 0 Å². The van der Waals surface area contributed by atoms with Crippen molar-refractivity contribution in [3.05, 3.63) is 0 Å². The number of ether oxygens (including phenoxy) is 3. The first-order valence-electron chi connectivity index (χ1n) is 27.7. The van der Waals surface area contributed by atoms with Crippen LogP contribution in [0.25, 0.3) is 0 Å². The summed E-state index contributed by atoms with van der Waals surface area (Å²) in [5.41, 5.74) is 0. The van der Waals surface area contributed by atoms with Gasteiger partial charge in [-0.1, -0.05) is 272 Å². The molecule has 0 N–H and O–H groups in total. The van der Waals surface area contributed by atoms with Gasteiger partial charge in [-0.3, -0.25) is 14.4 Å². The van der Waals surface area contributed by atoms with Gasteiger partial charge < -0.3 is 14.2 Å². The quantitative estimate of drug-likeness (QED) is 0.0344. The molecular formula is C56H108O6. The van der Waals surface area contributed by atoms with Gasteiger partial charge in [0.15, 0.2) is 6.10 Å². The third kappa shape index (κ3) is 49.4. The summed E-state index contributed by atoms with van der Waals surface area (Å²) in [7, 11) is 0. The summed E-state index contributed by atoms with van der Waals surface area (Å²) in [5.74, 6) is 0.840. The molecule has 1 atom stereocenters. The summed E-state index contributed by atoms with van der Waals surface area (Å²) >= 11 is 0. The van der Waals surface area contributed by atoms with E-state index in [1.54, 1.807) is 0 Å². The van der Waals surface area contributed by atoms with Gasteiger partial charge in [0.05, 0.1) is 0 Å². The molecule has 0 aliphatic carbocycles. The third-order valence-corrected chi connectivity index (χ3v) is 12.7. The zero-order chi connectivity index (χ0) is 45.4. The van der Waals surface area contributed by atoms with E-state index in [-0.39, 0.29) is 31.1 Å². The lowest BCUT2D eigenvalue weighted by Crippen LogP contribution is -2.30. The lowest BCUT2D eigenvalue weighted by atomic mass is 10.0. The number of esters is 3. The van der Waals surface area contributed by atoms with Gasteiger partial charge in [-0.15, -0.1) is 0 Å². The summed E-state index contributed by atoms with van der Waals surface area (Å²) < 4.78 is 16.8. The van der Waals surface area contributed by atoms with Crippen LogP contribution >= 0.6 is 0 Å². The zero-order valence-corrected chi connectivity index (χ0v) is 42.5. The Bertz CT molecular complexity index is 947. The van der Waals surface area contributed by atoms with Crippen molar-refractivity contribution in [1.82, 2.24) is 0 Å². The second kappa shape index (κ2) is 48.9. The molecule has 6 nitrogen and oxygen atoms in total. The van der Waals surface area contributed by atoms with Gasteiger partial charge in [-0.25, -0.2) is 0 Å². The van der Waals surface area contributed by atoms with E-state index in [2.05, 4.69) is 34.6 Å². The summed E-state index contributed by atoms with van der Waals surface area (Å²) in [5, 5.41) is 0. The number of unbranched alkanes of at least 4 members (excludes halogenated alkanes) is 35. The van der Waals surface area contributed by atoms with Crippen LogP contribution in [0, 0.1) is 11.8 Å². The summed E-state index contributed by atoms with van der Waals surface area (Å²) in [6.45, 7) is 11.4. The van der Waals surface area contributed by atoms with Crippen LogP contribution in [0.5, 0.6) is 0 Å². The van der Waals surface area contributed by atoms with Crippen molar-refractivity contribution in [1.29, 1.82) is 0 Å². The number of rotatable bonds is 50. The molecule has 62 heavy (non-hydrogen) atoms. The summed E-state index contributed by atoms with van der Waals surface area (Å²) in [6.07, 6.45) is 50.9. The minimum Gasteiger partial charge on any atom is -0.462 e. The van der Waals surface area contributed by atoms with Crippen molar-refractivity contribution >= 4 is 17.9 Å². The lowest BCUT2D eigenvalue weighted by Gasteiger charge is -2.18. The molecule has 0 unspecified atom stereocenters. The van der Waals surface area contributed by atoms with Gasteiger partial charge in [-0.05, 0) is 31.1 Å². The molecule has 0 saturated carbocycles. The maximum Gasteiger partial charge on any atom is 0.306 e. The predicted molar refractivity (Wildman–Crippen MR) is 266 cm³/mol. The highest BCUT2D eigenvalue weighted by atomic mass is 16.6. The van der Waals surface area contributed by atoms with Gasteiger partial charge in [0.25, 0.3) is 0 Å². The van der Waals surface area contributed by atoms with Crippen LogP contribution in [0.2, 0.25) is 0 Å². The summed E-state index contributed by atoms with van der Waals surface area (Å²) in [6, 6.07) is 0. The fraction of sp³-hybridized carbons (Fsp3) is 0.946. The monoisotopic (exact) mass is 877 g/mol. The molecule has 368 valence electrons. The Labute approximate surface area is 387 Å². The van der Waals surface area contributed by atoms with Gasteiger partial charge >= 0.3 is 17.9 Å². The van der Waals surface area contributed by atoms with Crippen molar-refractivity contribution in [3.8, 4) is 0 Å². The molecule has 0 aromatic carbocycles. The second-order valence-electron chi connectivity index (χ2n) is 20.2. The minimum atomic E-state index is -0.761. The fourth-order valence-electron chi connectivity index (χ4n) is 8.52. The number of carbonyl (C=O) groups is 3. The molecule has 6 heteroatoms. The molecular weight excluding hydrogens is 769 g/mol. The standard InChI is InChI=1S/C56H108O6/c1-6-7-8-9-10-11-19-28-33-38-43-48-56(59)62-53(50-61-55(58)47-42-37-32-27-23-18-17-21-25-30-35-40-45-52(4)5)49-60-54(57)46-41-36-31-26-22-16-14-12-13-15-20-24-29-34-39-44-51(2)3/h51-53H,6-50H2,1-5H3/t53-/m0/s1. The molecule has 0 aromatic rings. The summed E-state index contributed by atoms with van der Waals surface area (Å²) in [4.78, 5) is 38.0. The molecule has 0 saturated heterocycles. The molecule has 0 amide bonds. The average Bonchev–Trinajstić information content (AvgIpc) is 3.24. The van der Waals surface area contributed by atoms with Crippen LogP contribution < -0.4 is 0 Å². The van der Waals surface area contributed by atoms with Crippen LogP contribution in [0.3, 0.4) is 0 Å². The number of hydrogen-bond acceptors (Lipinski definition) is 6. The Kier molecular flexibility index (Phi) is 47.6. The molecule has 0 heterocycles. The predicted octanol–water partition coefficient (Wildman–Crippen LogP) is 18.1. The van der Waals surface area contributed by atoms with Crippen molar-refractivity contribution in [2.75, 3.05) is 13.2 Å². The maximum absolute atomic E-state index is 12.8. The van der Waals surface area contributed by atoms with Crippen molar-refractivity contribution < 1.29 is 28.6 Å². The fourth-order valence-corrected chi connectivity index (χ4v) is 8.52. The molecule has 0 spiro atoms. The molecule has 0 aliphatic heterocycles. The lowest BCUT2D eigenvalue weighted by molar-refractivity contribution is -0.167. The van der Waals surface area contributed by atoms with E-state index in [1.165, 1.54) is 199 Å². The Balaban J connectivity index is 4.25. The van der Waals surface area contributed by atoms with Crippen LogP contribution in [0.15, 0.2) is 0 Å². The van der Waals surface area contributed by atoms with E-state index in [4.69, 9.17) is 14.2 Å². The molecule has 0 rings (SSSR count). The van der Waals surface area contributed by atoms with Crippen LogP contribution in [-0.4, -0.2) is 37.2 Å². The highest BCUT2D eigenvalue weighted by Crippen LogP contribution is 2.18. The Morgan fingerprint density at radius 3 is 0.790 bits per heavy atom. The van der Waals surface area contributed by atoms with Gasteiger partial charge in [0, 0.05) is 19.3 Å². The first-order chi connectivity index (χ1) is 30.2.